The summed E-state index contributed by atoms with van der Waals surface area (Å²) in [5, 5.41) is 11.0. The highest BCUT2D eigenvalue weighted by Crippen LogP contribution is 2.52. The van der Waals surface area contributed by atoms with Crippen molar-refractivity contribution in [2.75, 3.05) is 13.2 Å². The van der Waals surface area contributed by atoms with E-state index in [-0.39, 0.29) is 40.8 Å². The van der Waals surface area contributed by atoms with Gasteiger partial charge in [0.2, 0.25) is 0 Å². The highest BCUT2D eigenvalue weighted by Gasteiger charge is 2.50. The van der Waals surface area contributed by atoms with Crippen molar-refractivity contribution in [3.8, 4) is 5.75 Å². The second-order valence-electron chi connectivity index (χ2n) is 8.25. The summed E-state index contributed by atoms with van der Waals surface area (Å²) in [4.78, 5) is 25.1. The minimum Gasteiger partial charge on any atom is -0.477 e. The third-order valence-electron chi connectivity index (χ3n) is 5.15. The molecule has 130 valence electrons. The predicted octanol–water partition coefficient (Wildman–Crippen LogP) is 3.40. The number of hydrogen-bond donors (Lipinski definition) is 0. The molecule has 1 amide bonds. The molecule has 3 rings (SSSR count). The van der Waals surface area contributed by atoms with Gasteiger partial charge in [0.1, 0.15) is 0 Å². The summed E-state index contributed by atoms with van der Waals surface area (Å²) in [5.74, 6) is 0.0594. The van der Waals surface area contributed by atoms with Crippen molar-refractivity contribution in [2.45, 2.75) is 46.1 Å². The van der Waals surface area contributed by atoms with Crippen LogP contribution in [-0.4, -0.2) is 34.9 Å². The average Bonchev–Trinajstić information content (AvgIpc) is 2.74. The fraction of sp³-hybridized carbons (Fsp3) is 0.611. The van der Waals surface area contributed by atoms with Crippen LogP contribution >= 0.6 is 0 Å². The molecule has 6 heteroatoms. The molecule has 0 unspecified atom stereocenters. The first-order valence-electron chi connectivity index (χ1n) is 8.35. The third-order valence-corrected chi connectivity index (χ3v) is 5.15. The van der Waals surface area contributed by atoms with Crippen LogP contribution in [0.25, 0.3) is 0 Å². The lowest BCUT2D eigenvalue weighted by Gasteiger charge is -2.39. The topological polar surface area (TPSA) is 72.7 Å². The quantitative estimate of drug-likeness (QED) is 0.626. The zero-order valence-corrected chi connectivity index (χ0v) is 14.4. The summed E-state index contributed by atoms with van der Waals surface area (Å²) in [6.45, 7) is 7.36. The fourth-order valence-electron chi connectivity index (χ4n) is 4.70. The lowest BCUT2D eigenvalue weighted by Crippen LogP contribution is -2.40. The second kappa shape index (κ2) is 5.76. The van der Waals surface area contributed by atoms with E-state index in [1.54, 1.807) is 12.1 Å². The molecule has 24 heavy (non-hydrogen) atoms. The van der Waals surface area contributed by atoms with Crippen LogP contribution in [-0.2, 0) is 4.79 Å². The van der Waals surface area contributed by atoms with Crippen LogP contribution in [0.4, 0.5) is 5.69 Å². The Morgan fingerprint density at radius 2 is 2.04 bits per heavy atom. The number of para-hydroxylation sites is 2. The van der Waals surface area contributed by atoms with Crippen molar-refractivity contribution >= 4 is 11.6 Å². The Kier molecular flexibility index (Phi) is 4.01. The lowest BCUT2D eigenvalue weighted by molar-refractivity contribution is -0.385. The summed E-state index contributed by atoms with van der Waals surface area (Å²) in [6, 6.07) is 6.41. The summed E-state index contributed by atoms with van der Waals surface area (Å²) < 4.78 is 5.47. The van der Waals surface area contributed by atoms with Gasteiger partial charge in [-0.15, -0.1) is 0 Å². The summed E-state index contributed by atoms with van der Waals surface area (Å²) in [7, 11) is 0. The van der Waals surface area contributed by atoms with Crippen molar-refractivity contribution in [3.05, 3.63) is 34.4 Å². The second-order valence-corrected chi connectivity index (χ2v) is 8.25. The van der Waals surface area contributed by atoms with Crippen LogP contribution in [0, 0.1) is 20.9 Å². The predicted molar refractivity (Wildman–Crippen MR) is 89.8 cm³/mol. The molecule has 1 aliphatic carbocycles. The van der Waals surface area contributed by atoms with Gasteiger partial charge in [-0.2, -0.15) is 0 Å². The Morgan fingerprint density at radius 3 is 2.75 bits per heavy atom. The number of fused-ring (bicyclic) bond motifs is 2. The van der Waals surface area contributed by atoms with E-state index in [2.05, 4.69) is 20.8 Å². The van der Waals surface area contributed by atoms with Crippen molar-refractivity contribution in [2.24, 2.45) is 10.8 Å². The molecule has 2 fully saturated rings. The first-order chi connectivity index (χ1) is 11.2. The molecular formula is C18H24N2O4. The SMILES string of the molecule is CC1(C)C[C@@H]2C[C@@](C)(CN2C(=O)COc2ccccc2[N+](=O)[O-])C1. The Balaban J connectivity index is 1.68. The maximum Gasteiger partial charge on any atom is 0.310 e. The number of rotatable bonds is 4. The Hall–Kier alpha value is -2.11. The smallest absolute Gasteiger partial charge is 0.310 e. The zero-order chi connectivity index (χ0) is 17.5. The van der Waals surface area contributed by atoms with Gasteiger partial charge in [-0.3, -0.25) is 14.9 Å². The average molecular weight is 332 g/mol. The van der Waals surface area contributed by atoms with E-state index in [9.17, 15) is 14.9 Å². The first-order valence-corrected chi connectivity index (χ1v) is 8.35. The fourth-order valence-corrected chi connectivity index (χ4v) is 4.70. The molecule has 1 aromatic rings. The Bertz CT molecular complexity index is 673. The number of nitrogens with zero attached hydrogens (tertiary/aromatic N) is 2. The molecule has 2 atom stereocenters. The number of amides is 1. The molecule has 0 spiro atoms. The largest absolute Gasteiger partial charge is 0.477 e. The number of nitro groups is 1. The van der Waals surface area contributed by atoms with E-state index in [0.29, 0.717) is 0 Å². The van der Waals surface area contributed by atoms with E-state index in [1.807, 2.05) is 4.90 Å². The maximum atomic E-state index is 12.6. The molecule has 1 heterocycles. The number of benzene rings is 1. The number of carbonyl (C=O) groups is 1. The number of nitro benzene ring substituents is 1. The van der Waals surface area contributed by atoms with Crippen molar-refractivity contribution in [1.82, 2.24) is 4.90 Å². The number of carbonyl (C=O) groups excluding carboxylic acids is 1. The molecule has 1 saturated carbocycles. The van der Waals surface area contributed by atoms with Crippen LogP contribution in [0.1, 0.15) is 40.0 Å². The summed E-state index contributed by atoms with van der Waals surface area (Å²) in [5.41, 5.74) is 0.297. The Morgan fingerprint density at radius 1 is 1.33 bits per heavy atom. The van der Waals surface area contributed by atoms with Gasteiger partial charge in [-0.1, -0.05) is 32.9 Å². The molecule has 1 aromatic carbocycles. The molecule has 1 aliphatic heterocycles. The molecule has 0 N–H and O–H groups in total. The molecule has 2 aliphatic rings. The minimum atomic E-state index is -0.494. The molecule has 0 radical (unpaired) electrons. The molecule has 6 nitrogen and oxygen atoms in total. The highest BCUT2D eigenvalue weighted by molar-refractivity contribution is 5.78. The van der Waals surface area contributed by atoms with E-state index in [0.717, 1.165) is 25.8 Å². The van der Waals surface area contributed by atoms with Crippen LogP contribution in [0.2, 0.25) is 0 Å². The number of likely N-dealkylation sites (tertiary alicyclic amines) is 1. The molecule has 2 bridgehead atoms. The number of hydrogen-bond acceptors (Lipinski definition) is 4. The Labute approximate surface area is 141 Å². The van der Waals surface area contributed by atoms with E-state index >= 15 is 0 Å². The van der Waals surface area contributed by atoms with Gasteiger partial charge in [-0.25, -0.2) is 0 Å². The van der Waals surface area contributed by atoms with E-state index in [1.165, 1.54) is 12.1 Å². The van der Waals surface area contributed by atoms with Crippen molar-refractivity contribution < 1.29 is 14.5 Å². The van der Waals surface area contributed by atoms with E-state index < -0.39 is 4.92 Å². The van der Waals surface area contributed by atoms with Gasteiger partial charge < -0.3 is 9.64 Å². The van der Waals surface area contributed by atoms with Gasteiger partial charge in [0.25, 0.3) is 5.91 Å². The third kappa shape index (κ3) is 3.23. The highest BCUT2D eigenvalue weighted by atomic mass is 16.6. The maximum absolute atomic E-state index is 12.6. The lowest BCUT2D eigenvalue weighted by atomic mass is 9.65. The summed E-state index contributed by atoms with van der Waals surface area (Å²) in [6.07, 6.45) is 3.15. The minimum absolute atomic E-state index is 0.0837. The van der Waals surface area contributed by atoms with Gasteiger partial charge in [0.15, 0.2) is 12.4 Å². The van der Waals surface area contributed by atoms with Crippen LogP contribution in [0.3, 0.4) is 0 Å². The van der Waals surface area contributed by atoms with E-state index in [4.69, 9.17) is 4.74 Å². The van der Waals surface area contributed by atoms with Crippen molar-refractivity contribution in [1.29, 1.82) is 0 Å². The standard InChI is InChI=1S/C18H24N2O4/c1-17(2)8-13-9-18(3,11-17)12-19(13)16(21)10-24-15-7-5-4-6-14(15)20(22)23/h4-7,13H,8-12H2,1-3H3/t13-,18-/m1/s1. The van der Waals surface area contributed by atoms with Gasteiger partial charge >= 0.3 is 5.69 Å². The normalized spacial score (nSPS) is 27.8. The van der Waals surface area contributed by atoms with Gasteiger partial charge in [0.05, 0.1) is 4.92 Å². The molecular weight excluding hydrogens is 308 g/mol. The van der Waals surface area contributed by atoms with Crippen LogP contribution < -0.4 is 4.74 Å². The number of ether oxygens (including phenoxy) is 1. The van der Waals surface area contributed by atoms with Crippen LogP contribution in [0.5, 0.6) is 5.75 Å². The monoisotopic (exact) mass is 332 g/mol. The zero-order valence-electron chi connectivity index (χ0n) is 14.4. The molecule has 0 aromatic heterocycles. The van der Waals surface area contributed by atoms with Crippen LogP contribution in [0.15, 0.2) is 24.3 Å². The van der Waals surface area contributed by atoms with Gasteiger partial charge in [-0.05, 0) is 36.2 Å². The first kappa shape index (κ1) is 16.7. The van der Waals surface area contributed by atoms with Crippen molar-refractivity contribution in [3.63, 3.8) is 0 Å². The molecule has 1 saturated heterocycles. The summed E-state index contributed by atoms with van der Waals surface area (Å²) >= 11 is 0. The van der Waals surface area contributed by atoms with Gasteiger partial charge in [0, 0.05) is 18.7 Å².